The predicted octanol–water partition coefficient (Wildman–Crippen LogP) is 4.58. The second-order valence-electron chi connectivity index (χ2n) is 6.70. The summed E-state index contributed by atoms with van der Waals surface area (Å²) < 4.78 is 7.07. The van der Waals surface area contributed by atoms with Crippen molar-refractivity contribution >= 4 is 34.9 Å². The van der Waals surface area contributed by atoms with Gasteiger partial charge < -0.3 is 4.42 Å². The highest BCUT2D eigenvalue weighted by molar-refractivity contribution is 7.98. The highest BCUT2D eigenvalue weighted by atomic mass is 35.5. The molecule has 0 saturated heterocycles. The summed E-state index contributed by atoms with van der Waals surface area (Å²) in [5.74, 6) is 2.10. The second kappa shape index (κ2) is 7.07. The fraction of sp³-hybridized carbons (Fsp3) is 0.200. The number of halogens is 1. The van der Waals surface area contributed by atoms with Crippen LogP contribution in [0.5, 0.6) is 0 Å². The van der Waals surface area contributed by atoms with Crippen molar-refractivity contribution in [2.45, 2.75) is 29.7 Å². The van der Waals surface area contributed by atoms with Crippen molar-refractivity contribution in [3.63, 3.8) is 0 Å². The lowest BCUT2D eigenvalue weighted by atomic mass is 9.85. The summed E-state index contributed by atoms with van der Waals surface area (Å²) in [5.41, 5.74) is 2.47. The monoisotopic (exact) mass is 410 g/mol. The predicted molar refractivity (Wildman–Crippen MR) is 106 cm³/mol. The first-order valence-corrected chi connectivity index (χ1v) is 10.2. The number of carbonyl (C=O) groups is 1. The van der Waals surface area contributed by atoms with Crippen molar-refractivity contribution in [1.29, 1.82) is 0 Å². The molecule has 0 spiro atoms. The largest absolute Gasteiger partial charge is 0.469 e. The molecule has 8 heteroatoms. The molecule has 5 rings (SSSR count). The maximum atomic E-state index is 12.6. The summed E-state index contributed by atoms with van der Waals surface area (Å²) in [7, 11) is 0. The summed E-state index contributed by atoms with van der Waals surface area (Å²) >= 11 is 7.54. The molecule has 0 fully saturated rings. The van der Waals surface area contributed by atoms with Crippen LogP contribution in [-0.2, 0) is 12.2 Å². The normalized spacial score (nSPS) is 16.5. The Balaban J connectivity index is 1.41. The van der Waals surface area contributed by atoms with E-state index < -0.39 is 0 Å². The van der Waals surface area contributed by atoms with E-state index in [-0.39, 0.29) is 11.7 Å². The molecule has 0 N–H and O–H groups in total. The summed E-state index contributed by atoms with van der Waals surface area (Å²) in [5, 5.41) is 5.79. The molecule has 0 aliphatic heterocycles. The zero-order chi connectivity index (χ0) is 19.1. The van der Waals surface area contributed by atoms with E-state index in [1.807, 2.05) is 36.4 Å². The smallest absolute Gasteiger partial charge is 0.253 e. The molecule has 3 heterocycles. The number of furan rings is 1. The Hall–Kier alpha value is -2.64. The van der Waals surface area contributed by atoms with E-state index in [4.69, 9.17) is 16.0 Å². The van der Waals surface area contributed by atoms with E-state index in [2.05, 4.69) is 15.1 Å². The number of thioether (sulfide) groups is 1. The van der Waals surface area contributed by atoms with Crippen LogP contribution in [0, 0.1) is 0 Å². The van der Waals surface area contributed by atoms with Crippen LogP contribution in [0.3, 0.4) is 0 Å². The highest BCUT2D eigenvalue weighted by Crippen LogP contribution is 2.32. The first-order valence-electron chi connectivity index (χ1n) is 8.86. The SMILES string of the molecule is O=C1C[C@@H](c2ccco2)Cc2nc3nc(SCc4cccc(Cl)c4)nn3cc21. The highest BCUT2D eigenvalue weighted by Gasteiger charge is 2.30. The van der Waals surface area contributed by atoms with Gasteiger partial charge in [0.1, 0.15) is 5.76 Å². The average molecular weight is 411 g/mol. The minimum atomic E-state index is 0.0181. The molecule has 140 valence electrons. The average Bonchev–Trinajstić information content (AvgIpc) is 3.34. The zero-order valence-electron chi connectivity index (χ0n) is 14.7. The Bertz CT molecular complexity index is 1170. The van der Waals surface area contributed by atoms with Gasteiger partial charge in [-0.3, -0.25) is 4.79 Å². The molecule has 1 aromatic carbocycles. The molecule has 0 radical (unpaired) electrons. The molecule has 1 aliphatic carbocycles. The van der Waals surface area contributed by atoms with Crippen molar-refractivity contribution in [3.8, 4) is 0 Å². The van der Waals surface area contributed by atoms with Crippen molar-refractivity contribution < 1.29 is 9.21 Å². The van der Waals surface area contributed by atoms with E-state index in [9.17, 15) is 4.79 Å². The van der Waals surface area contributed by atoms with Gasteiger partial charge in [0.15, 0.2) is 5.78 Å². The van der Waals surface area contributed by atoms with Gasteiger partial charge in [-0.15, -0.1) is 5.10 Å². The number of carbonyl (C=O) groups excluding carboxylic acids is 1. The maximum Gasteiger partial charge on any atom is 0.253 e. The Labute approximate surface area is 169 Å². The van der Waals surface area contributed by atoms with Crippen LogP contribution < -0.4 is 0 Å². The molecule has 1 aliphatic rings. The third kappa shape index (κ3) is 3.31. The maximum absolute atomic E-state index is 12.6. The van der Waals surface area contributed by atoms with E-state index in [1.165, 1.54) is 11.8 Å². The van der Waals surface area contributed by atoms with Crippen LogP contribution in [0.1, 0.15) is 39.7 Å². The Kier molecular flexibility index (Phi) is 4.41. The van der Waals surface area contributed by atoms with Crippen molar-refractivity contribution in [2.24, 2.45) is 0 Å². The third-order valence-corrected chi connectivity index (χ3v) is 5.91. The number of fused-ring (bicyclic) bond motifs is 2. The lowest BCUT2D eigenvalue weighted by Crippen LogP contribution is -2.21. The van der Waals surface area contributed by atoms with E-state index >= 15 is 0 Å². The van der Waals surface area contributed by atoms with E-state index in [1.54, 1.807) is 17.0 Å². The van der Waals surface area contributed by atoms with Crippen molar-refractivity contribution in [3.05, 3.63) is 76.5 Å². The molecule has 4 aromatic rings. The summed E-state index contributed by atoms with van der Waals surface area (Å²) in [6.45, 7) is 0. The summed E-state index contributed by atoms with van der Waals surface area (Å²) in [6.07, 6.45) is 4.45. The first-order chi connectivity index (χ1) is 13.7. The van der Waals surface area contributed by atoms with Gasteiger partial charge in [-0.1, -0.05) is 35.5 Å². The lowest BCUT2D eigenvalue weighted by Gasteiger charge is -2.20. The molecular weight excluding hydrogens is 396 g/mol. The number of rotatable bonds is 4. The van der Waals surface area contributed by atoms with Crippen LogP contribution >= 0.6 is 23.4 Å². The molecule has 0 saturated carbocycles. The third-order valence-electron chi connectivity index (χ3n) is 4.77. The number of ketones is 1. The fourth-order valence-electron chi connectivity index (χ4n) is 3.42. The topological polar surface area (TPSA) is 73.3 Å². The van der Waals surface area contributed by atoms with Gasteiger partial charge in [-0.25, -0.2) is 9.50 Å². The van der Waals surface area contributed by atoms with Crippen molar-refractivity contribution in [2.75, 3.05) is 0 Å². The van der Waals surface area contributed by atoms with E-state index in [0.29, 0.717) is 40.1 Å². The Morgan fingerprint density at radius 2 is 2.14 bits per heavy atom. The fourth-order valence-corrected chi connectivity index (χ4v) is 4.41. The number of hydrogen-bond acceptors (Lipinski definition) is 6. The molecule has 6 nitrogen and oxygen atoms in total. The molecule has 0 bridgehead atoms. The van der Waals surface area contributed by atoms with Crippen LogP contribution in [0.25, 0.3) is 5.78 Å². The van der Waals surface area contributed by atoms with Gasteiger partial charge in [0.2, 0.25) is 5.16 Å². The van der Waals surface area contributed by atoms with Crippen LogP contribution in [0.2, 0.25) is 5.02 Å². The van der Waals surface area contributed by atoms with Gasteiger partial charge in [0.05, 0.1) is 17.5 Å². The van der Waals surface area contributed by atoms with Gasteiger partial charge in [0.25, 0.3) is 5.78 Å². The molecule has 0 amide bonds. The zero-order valence-corrected chi connectivity index (χ0v) is 16.3. The first kappa shape index (κ1) is 17.5. The van der Waals surface area contributed by atoms with Crippen LogP contribution in [-0.4, -0.2) is 25.4 Å². The van der Waals surface area contributed by atoms with Crippen LogP contribution in [0.15, 0.2) is 58.4 Å². The molecular formula is C20H15ClN4O2S. The standard InChI is InChI=1S/C20H15ClN4O2S/c21-14-4-1-3-12(7-14)11-28-20-23-19-22-16-8-13(18-5-2-6-27-18)9-17(26)15(16)10-25(19)24-20/h1-7,10,13H,8-9,11H2/t13-/m0/s1. The van der Waals surface area contributed by atoms with Gasteiger partial charge in [-0.2, -0.15) is 4.98 Å². The number of hydrogen-bond donors (Lipinski definition) is 0. The number of benzene rings is 1. The minimum Gasteiger partial charge on any atom is -0.469 e. The Morgan fingerprint density at radius 3 is 2.96 bits per heavy atom. The summed E-state index contributed by atoms with van der Waals surface area (Å²) in [4.78, 5) is 21.7. The van der Waals surface area contributed by atoms with E-state index in [0.717, 1.165) is 17.0 Å². The van der Waals surface area contributed by atoms with Gasteiger partial charge >= 0.3 is 0 Å². The second-order valence-corrected chi connectivity index (χ2v) is 8.08. The molecule has 28 heavy (non-hydrogen) atoms. The van der Waals surface area contributed by atoms with Crippen molar-refractivity contribution in [1.82, 2.24) is 19.6 Å². The molecule has 1 atom stereocenters. The quantitative estimate of drug-likeness (QED) is 0.458. The number of aromatic nitrogens is 4. The summed E-state index contributed by atoms with van der Waals surface area (Å²) in [6, 6.07) is 11.5. The molecule has 3 aromatic heterocycles. The number of nitrogens with zero attached hydrogens (tertiary/aromatic N) is 4. The molecule has 0 unspecified atom stereocenters. The van der Waals surface area contributed by atoms with Gasteiger partial charge in [-0.05, 0) is 29.8 Å². The Morgan fingerprint density at radius 1 is 1.21 bits per heavy atom. The van der Waals surface area contributed by atoms with Crippen LogP contribution in [0.4, 0.5) is 0 Å². The number of Topliss-reactive ketones (excluding diaryl/α,β-unsaturated/α-hetero) is 1. The lowest BCUT2D eigenvalue weighted by molar-refractivity contribution is 0.0958. The van der Waals surface area contributed by atoms with Gasteiger partial charge in [0, 0.05) is 35.7 Å². The minimum absolute atomic E-state index is 0.0181.